The van der Waals surface area contributed by atoms with E-state index in [0.29, 0.717) is 19.0 Å². The van der Waals surface area contributed by atoms with Gasteiger partial charge in [-0.05, 0) is 38.6 Å². The molecule has 1 amide bonds. The summed E-state index contributed by atoms with van der Waals surface area (Å²) >= 11 is 0. The third-order valence-corrected chi connectivity index (χ3v) is 4.28. The van der Waals surface area contributed by atoms with Crippen LogP contribution in [-0.2, 0) is 4.79 Å². The molecule has 1 aliphatic heterocycles. The lowest BCUT2D eigenvalue weighted by atomic mass is 10.1. The summed E-state index contributed by atoms with van der Waals surface area (Å²) in [4.78, 5) is 16.2. The van der Waals surface area contributed by atoms with Gasteiger partial charge in [0.05, 0.1) is 12.6 Å². The van der Waals surface area contributed by atoms with Gasteiger partial charge in [0, 0.05) is 19.6 Å². The molecule has 2 aliphatic rings. The topological polar surface area (TPSA) is 43.8 Å². The Morgan fingerprint density at radius 3 is 2.37 bits per heavy atom. The molecule has 1 heterocycles. The number of aliphatic hydroxyl groups is 1. The summed E-state index contributed by atoms with van der Waals surface area (Å²) in [5.41, 5.74) is 0. The number of hydrogen-bond donors (Lipinski definition) is 1. The van der Waals surface area contributed by atoms with Crippen molar-refractivity contribution in [3.63, 3.8) is 0 Å². The second-order valence-electron chi connectivity index (χ2n) is 6.25. The molecule has 4 heteroatoms. The number of likely N-dealkylation sites (N-methyl/N-ethyl adjacent to an activating group) is 1. The first-order valence-electron chi connectivity index (χ1n) is 7.81. The number of likely N-dealkylation sites (tertiary alicyclic amines) is 1. The van der Waals surface area contributed by atoms with E-state index in [-0.39, 0.29) is 12.0 Å². The predicted octanol–water partition coefficient (Wildman–Crippen LogP) is 1.48. The molecule has 110 valence electrons. The van der Waals surface area contributed by atoms with Crippen LogP contribution in [0.4, 0.5) is 0 Å². The fourth-order valence-electron chi connectivity index (χ4n) is 2.84. The Balaban J connectivity index is 1.71. The molecule has 19 heavy (non-hydrogen) atoms. The number of aliphatic hydroxyl groups excluding tert-OH is 1. The van der Waals surface area contributed by atoms with E-state index in [0.717, 1.165) is 38.8 Å². The maximum atomic E-state index is 12.2. The van der Waals surface area contributed by atoms with E-state index in [2.05, 4.69) is 0 Å². The van der Waals surface area contributed by atoms with Crippen LogP contribution in [0, 0.1) is 5.92 Å². The van der Waals surface area contributed by atoms with Crippen molar-refractivity contribution in [2.24, 2.45) is 5.92 Å². The number of carbonyl (C=O) groups excluding carboxylic acids is 1. The molecule has 1 atom stereocenters. The van der Waals surface area contributed by atoms with Gasteiger partial charge in [0.15, 0.2) is 0 Å². The van der Waals surface area contributed by atoms with Crippen LogP contribution in [0.5, 0.6) is 0 Å². The van der Waals surface area contributed by atoms with Crippen LogP contribution in [0.25, 0.3) is 0 Å². The highest BCUT2D eigenvalue weighted by atomic mass is 16.3. The highest BCUT2D eigenvalue weighted by Gasteiger charge is 2.30. The van der Waals surface area contributed by atoms with Crippen molar-refractivity contribution >= 4 is 5.91 Å². The van der Waals surface area contributed by atoms with Crippen molar-refractivity contribution in [3.8, 4) is 0 Å². The summed E-state index contributed by atoms with van der Waals surface area (Å²) in [6.07, 6.45) is 8.14. The van der Waals surface area contributed by atoms with Gasteiger partial charge in [0.25, 0.3) is 0 Å². The quantitative estimate of drug-likeness (QED) is 0.821. The summed E-state index contributed by atoms with van der Waals surface area (Å²) < 4.78 is 0. The van der Waals surface area contributed by atoms with Crippen LogP contribution < -0.4 is 0 Å². The van der Waals surface area contributed by atoms with Crippen LogP contribution >= 0.6 is 0 Å². The summed E-state index contributed by atoms with van der Waals surface area (Å²) in [5, 5.41) is 9.90. The molecular formula is C15H28N2O2. The third kappa shape index (κ3) is 5.11. The van der Waals surface area contributed by atoms with Crippen molar-refractivity contribution in [3.05, 3.63) is 0 Å². The number of carbonyl (C=O) groups is 1. The van der Waals surface area contributed by atoms with Crippen molar-refractivity contribution in [1.29, 1.82) is 0 Å². The van der Waals surface area contributed by atoms with Gasteiger partial charge in [-0.15, -0.1) is 0 Å². The standard InChI is InChI=1S/C15H28N2O2/c1-16(11-14(18)13-7-8-13)12-15(19)17-9-5-3-2-4-6-10-17/h13-14,18H,2-12H2,1H3/t14-/m1/s1. The van der Waals surface area contributed by atoms with Gasteiger partial charge in [0.2, 0.25) is 5.91 Å². The molecule has 1 N–H and O–H groups in total. The number of nitrogens with zero attached hydrogens (tertiary/aromatic N) is 2. The minimum atomic E-state index is -0.245. The van der Waals surface area contributed by atoms with Crippen molar-refractivity contribution in [2.75, 3.05) is 33.2 Å². The lowest BCUT2D eigenvalue weighted by molar-refractivity contribution is -0.132. The minimum Gasteiger partial charge on any atom is -0.392 e. The maximum absolute atomic E-state index is 12.2. The summed E-state index contributed by atoms with van der Waals surface area (Å²) in [7, 11) is 1.94. The van der Waals surface area contributed by atoms with Gasteiger partial charge < -0.3 is 10.0 Å². The molecule has 2 fully saturated rings. The average Bonchev–Trinajstić information content (AvgIpc) is 3.11. The first kappa shape index (κ1) is 14.8. The van der Waals surface area contributed by atoms with E-state index in [4.69, 9.17) is 0 Å². The Morgan fingerprint density at radius 2 is 1.79 bits per heavy atom. The highest BCUT2D eigenvalue weighted by molar-refractivity contribution is 5.78. The SMILES string of the molecule is CN(CC(=O)N1CCCCCCC1)C[C@@H](O)C1CC1. The van der Waals surface area contributed by atoms with Gasteiger partial charge in [0.1, 0.15) is 0 Å². The first-order valence-corrected chi connectivity index (χ1v) is 7.81. The molecule has 0 aromatic rings. The third-order valence-electron chi connectivity index (χ3n) is 4.28. The zero-order valence-electron chi connectivity index (χ0n) is 12.2. The molecule has 0 aromatic carbocycles. The molecule has 1 saturated carbocycles. The van der Waals surface area contributed by atoms with Gasteiger partial charge in [-0.25, -0.2) is 0 Å². The number of rotatable bonds is 5. The van der Waals surface area contributed by atoms with Crippen molar-refractivity contribution in [2.45, 2.75) is 51.0 Å². The van der Waals surface area contributed by atoms with Crippen LogP contribution in [0.15, 0.2) is 0 Å². The van der Waals surface area contributed by atoms with Gasteiger partial charge >= 0.3 is 0 Å². The summed E-state index contributed by atoms with van der Waals surface area (Å²) in [6.45, 7) is 2.91. The molecule has 1 saturated heterocycles. The molecule has 0 spiro atoms. The van der Waals surface area contributed by atoms with Crippen LogP contribution in [-0.4, -0.2) is 60.1 Å². The Morgan fingerprint density at radius 1 is 1.21 bits per heavy atom. The maximum Gasteiger partial charge on any atom is 0.236 e. The zero-order valence-corrected chi connectivity index (χ0v) is 12.2. The van der Waals surface area contributed by atoms with Crippen LogP contribution in [0.2, 0.25) is 0 Å². The highest BCUT2D eigenvalue weighted by Crippen LogP contribution is 2.32. The normalized spacial score (nSPS) is 23.0. The smallest absolute Gasteiger partial charge is 0.236 e. The molecule has 2 rings (SSSR count). The Hall–Kier alpha value is -0.610. The van der Waals surface area contributed by atoms with Gasteiger partial charge in [-0.3, -0.25) is 9.69 Å². The molecule has 0 unspecified atom stereocenters. The lowest BCUT2D eigenvalue weighted by Gasteiger charge is -2.27. The fraction of sp³-hybridized carbons (Fsp3) is 0.933. The molecule has 0 bridgehead atoms. The summed E-state index contributed by atoms with van der Waals surface area (Å²) in [6, 6.07) is 0. The Bertz CT molecular complexity index is 284. The number of amides is 1. The van der Waals surface area contributed by atoms with E-state index in [1.165, 1.54) is 19.3 Å². The van der Waals surface area contributed by atoms with Crippen molar-refractivity contribution in [1.82, 2.24) is 9.80 Å². The first-order chi connectivity index (χ1) is 9.16. The lowest BCUT2D eigenvalue weighted by Crippen LogP contribution is -2.42. The molecule has 4 nitrogen and oxygen atoms in total. The second-order valence-corrected chi connectivity index (χ2v) is 6.25. The van der Waals surface area contributed by atoms with E-state index in [1.54, 1.807) is 0 Å². The molecule has 0 radical (unpaired) electrons. The van der Waals surface area contributed by atoms with E-state index in [9.17, 15) is 9.90 Å². The van der Waals surface area contributed by atoms with E-state index in [1.807, 2.05) is 16.8 Å². The van der Waals surface area contributed by atoms with Gasteiger partial charge in [-0.2, -0.15) is 0 Å². The fourth-order valence-corrected chi connectivity index (χ4v) is 2.84. The monoisotopic (exact) mass is 268 g/mol. The van der Waals surface area contributed by atoms with Crippen molar-refractivity contribution < 1.29 is 9.90 Å². The average molecular weight is 268 g/mol. The zero-order chi connectivity index (χ0) is 13.7. The molecule has 0 aromatic heterocycles. The molecular weight excluding hydrogens is 240 g/mol. The van der Waals surface area contributed by atoms with E-state index >= 15 is 0 Å². The number of hydrogen-bond acceptors (Lipinski definition) is 3. The summed E-state index contributed by atoms with van der Waals surface area (Å²) in [5.74, 6) is 0.714. The Kier molecular flexibility index (Phi) is 5.64. The predicted molar refractivity (Wildman–Crippen MR) is 75.9 cm³/mol. The molecule has 1 aliphatic carbocycles. The van der Waals surface area contributed by atoms with E-state index < -0.39 is 0 Å². The van der Waals surface area contributed by atoms with Crippen LogP contribution in [0.3, 0.4) is 0 Å². The minimum absolute atomic E-state index is 0.229. The largest absolute Gasteiger partial charge is 0.392 e. The van der Waals surface area contributed by atoms with Gasteiger partial charge in [-0.1, -0.05) is 19.3 Å². The second kappa shape index (κ2) is 7.25. The van der Waals surface area contributed by atoms with Crippen LogP contribution in [0.1, 0.15) is 44.9 Å². The Labute approximate surface area is 116 Å².